The molecule has 0 N–H and O–H groups in total. The predicted molar refractivity (Wildman–Crippen MR) is 79.3 cm³/mol. The van der Waals surface area contributed by atoms with Crippen molar-refractivity contribution in [1.82, 2.24) is 0 Å². The van der Waals surface area contributed by atoms with Crippen molar-refractivity contribution in [3.8, 4) is 0 Å². The molecule has 1 saturated heterocycles. The average molecular weight is 356 g/mol. The normalized spacial score (nSPS) is 25.4. The Morgan fingerprint density at radius 1 is 1.17 bits per heavy atom. The molecule has 1 rings (SSSR count). The van der Waals surface area contributed by atoms with Crippen LogP contribution in [-0.2, 0) is 19.0 Å². The van der Waals surface area contributed by atoms with Crippen molar-refractivity contribution < 1.29 is 36.6 Å². The smallest absolute Gasteiger partial charge is 0.335 e. The molecule has 0 bridgehead atoms. The first-order valence-electron chi connectivity index (χ1n) is 7.73. The second-order valence-electron chi connectivity index (χ2n) is 6.53. The lowest BCUT2D eigenvalue weighted by Gasteiger charge is -2.35. The highest BCUT2D eigenvalue weighted by Crippen LogP contribution is 2.36. The quantitative estimate of drug-likeness (QED) is 0.439. The van der Waals surface area contributed by atoms with Crippen molar-refractivity contribution in [1.29, 1.82) is 0 Å². The Labute approximate surface area is 139 Å². The molecule has 8 heteroatoms. The largest absolute Gasteiger partial charge is 0.454 e. The molecule has 0 aromatic heterocycles. The van der Waals surface area contributed by atoms with Crippen LogP contribution in [0.25, 0.3) is 0 Å². The zero-order chi connectivity index (χ0) is 18.6. The van der Waals surface area contributed by atoms with Crippen molar-refractivity contribution >= 4 is 5.97 Å². The molecule has 1 atom stereocenters. The van der Waals surface area contributed by atoms with Crippen LogP contribution in [-0.4, -0.2) is 49.3 Å². The third-order valence-corrected chi connectivity index (χ3v) is 3.77. The molecule has 0 saturated carbocycles. The number of esters is 1. The summed E-state index contributed by atoms with van der Waals surface area (Å²) >= 11 is 0. The molecule has 0 amide bonds. The van der Waals surface area contributed by atoms with Crippen LogP contribution in [0.5, 0.6) is 0 Å². The van der Waals surface area contributed by atoms with E-state index in [1.54, 1.807) is 0 Å². The molecular formula is C16H24F4O4. The maximum absolute atomic E-state index is 13.7. The fourth-order valence-electron chi connectivity index (χ4n) is 2.17. The summed E-state index contributed by atoms with van der Waals surface area (Å²) in [5.41, 5.74) is -1.12. The van der Waals surface area contributed by atoms with E-state index in [1.807, 2.05) is 0 Å². The Kier molecular flexibility index (Phi) is 6.81. The van der Waals surface area contributed by atoms with Gasteiger partial charge in [-0.05, 0) is 40.0 Å². The van der Waals surface area contributed by atoms with Crippen molar-refractivity contribution in [2.45, 2.75) is 63.6 Å². The van der Waals surface area contributed by atoms with Gasteiger partial charge in [-0.15, -0.1) is 0 Å². The van der Waals surface area contributed by atoms with Crippen molar-refractivity contribution in [3.63, 3.8) is 0 Å². The Hall–Kier alpha value is -1.15. The lowest BCUT2D eigenvalue weighted by Crippen LogP contribution is -2.50. The van der Waals surface area contributed by atoms with Crippen molar-refractivity contribution in [3.05, 3.63) is 12.2 Å². The van der Waals surface area contributed by atoms with Gasteiger partial charge in [0.15, 0.2) is 0 Å². The molecule has 0 aromatic carbocycles. The monoisotopic (exact) mass is 356 g/mol. The van der Waals surface area contributed by atoms with Crippen molar-refractivity contribution in [2.75, 3.05) is 19.8 Å². The van der Waals surface area contributed by atoms with Crippen LogP contribution < -0.4 is 0 Å². The number of ether oxygens (including phenoxy) is 3. The van der Waals surface area contributed by atoms with E-state index < -0.39 is 42.7 Å². The molecule has 1 heterocycles. The number of hydrogen-bond donors (Lipinski definition) is 0. The minimum Gasteiger partial charge on any atom is -0.454 e. The minimum absolute atomic E-state index is 0.0512. The van der Waals surface area contributed by atoms with Gasteiger partial charge in [0, 0.05) is 12.2 Å². The summed E-state index contributed by atoms with van der Waals surface area (Å²) in [4.78, 5) is 11.7. The standard InChI is InChI=1S/C16H24F4O4/c1-11(2)13(21)24-14(3,4)12-7-5-6-8-22-9-15(17,18)16(19,20)10-23-12/h12H,1,5-10H2,2-4H3. The summed E-state index contributed by atoms with van der Waals surface area (Å²) in [6, 6.07) is 0. The van der Waals surface area contributed by atoms with Crippen LogP contribution in [0.4, 0.5) is 17.6 Å². The summed E-state index contributed by atoms with van der Waals surface area (Å²) < 4.78 is 69.6. The van der Waals surface area contributed by atoms with Gasteiger partial charge in [0.05, 0.1) is 6.10 Å². The van der Waals surface area contributed by atoms with Crippen molar-refractivity contribution in [2.24, 2.45) is 0 Å². The zero-order valence-electron chi connectivity index (χ0n) is 14.2. The van der Waals surface area contributed by atoms with E-state index in [4.69, 9.17) is 9.47 Å². The number of carbonyl (C=O) groups excluding carboxylic acids is 1. The minimum atomic E-state index is -4.38. The van der Waals surface area contributed by atoms with E-state index in [-0.39, 0.29) is 18.6 Å². The van der Waals surface area contributed by atoms with Gasteiger partial charge in [-0.2, -0.15) is 17.6 Å². The second-order valence-corrected chi connectivity index (χ2v) is 6.53. The summed E-state index contributed by atoms with van der Waals surface area (Å²) in [6.07, 6.45) is 0.212. The number of alkyl halides is 4. The van der Waals surface area contributed by atoms with Gasteiger partial charge in [-0.25, -0.2) is 4.79 Å². The molecule has 0 aromatic rings. The molecule has 4 nitrogen and oxygen atoms in total. The Morgan fingerprint density at radius 3 is 2.33 bits per heavy atom. The van der Waals surface area contributed by atoms with E-state index in [0.29, 0.717) is 12.8 Å². The molecule has 24 heavy (non-hydrogen) atoms. The first-order chi connectivity index (χ1) is 10.9. The third-order valence-electron chi connectivity index (χ3n) is 3.77. The first-order valence-corrected chi connectivity index (χ1v) is 7.73. The number of carbonyl (C=O) groups is 1. The van der Waals surface area contributed by atoms with Crippen LogP contribution in [0.3, 0.4) is 0 Å². The fourth-order valence-corrected chi connectivity index (χ4v) is 2.17. The molecule has 0 radical (unpaired) electrons. The van der Waals surface area contributed by atoms with E-state index in [2.05, 4.69) is 11.3 Å². The van der Waals surface area contributed by atoms with Gasteiger partial charge in [-0.1, -0.05) is 6.58 Å². The fraction of sp³-hybridized carbons (Fsp3) is 0.812. The molecule has 1 fully saturated rings. The third kappa shape index (κ3) is 5.44. The highest BCUT2D eigenvalue weighted by Gasteiger charge is 2.57. The van der Waals surface area contributed by atoms with Crippen LogP contribution >= 0.6 is 0 Å². The SMILES string of the molecule is C=C(C)C(=O)OC(C)(C)C1CCCCOCC(F)(F)C(F)(F)CO1. The highest BCUT2D eigenvalue weighted by molar-refractivity contribution is 5.87. The maximum Gasteiger partial charge on any atom is 0.335 e. The molecule has 0 spiro atoms. The van der Waals surface area contributed by atoms with Gasteiger partial charge in [0.1, 0.15) is 18.8 Å². The van der Waals surface area contributed by atoms with E-state index in [1.165, 1.54) is 20.8 Å². The first kappa shape index (κ1) is 20.9. The summed E-state index contributed by atoms with van der Waals surface area (Å²) in [5, 5.41) is 0. The van der Waals surface area contributed by atoms with Gasteiger partial charge in [0.25, 0.3) is 0 Å². The molecular weight excluding hydrogens is 332 g/mol. The van der Waals surface area contributed by atoms with E-state index >= 15 is 0 Å². The zero-order valence-corrected chi connectivity index (χ0v) is 14.2. The molecule has 140 valence electrons. The topological polar surface area (TPSA) is 44.8 Å². The van der Waals surface area contributed by atoms with E-state index in [9.17, 15) is 22.4 Å². The van der Waals surface area contributed by atoms with Crippen LogP contribution in [0.1, 0.15) is 40.0 Å². The van der Waals surface area contributed by atoms with Crippen LogP contribution in [0.15, 0.2) is 12.2 Å². The average Bonchev–Trinajstić information content (AvgIpc) is 2.45. The summed E-state index contributed by atoms with van der Waals surface area (Å²) in [5.74, 6) is -9.41. The molecule has 0 aliphatic carbocycles. The van der Waals surface area contributed by atoms with Crippen LogP contribution in [0, 0.1) is 0 Å². The molecule has 1 aliphatic heterocycles. The predicted octanol–water partition coefficient (Wildman–Crippen LogP) is 3.74. The van der Waals surface area contributed by atoms with E-state index in [0.717, 1.165) is 0 Å². The number of rotatable bonds is 3. The number of halogens is 4. The van der Waals surface area contributed by atoms with Gasteiger partial charge in [-0.3, -0.25) is 0 Å². The Morgan fingerprint density at radius 2 is 1.75 bits per heavy atom. The second kappa shape index (κ2) is 7.82. The van der Waals surface area contributed by atoms with Crippen LogP contribution in [0.2, 0.25) is 0 Å². The Balaban J connectivity index is 2.92. The summed E-state index contributed by atoms with van der Waals surface area (Å²) in [7, 11) is 0. The molecule has 1 aliphatic rings. The van der Waals surface area contributed by atoms with Gasteiger partial charge in [0.2, 0.25) is 0 Å². The van der Waals surface area contributed by atoms with Gasteiger partial charge >= 0.3 is 17.8 Å². The lowest BCUT2D eigenvalue weighted by atomic mass is 9.96. The molecule has 1 unspecified atom stereocenters. The van der Waals surface area contributed by atoms with Gasteiger partial charge < -0.3 is 14.2 Å². The lowest BCUT2D eigenvalue weighted by molar-refractivity contribution is -0.261. The Bertz CT molecular complexity index is 463. The maximum atomic E-state index is 13.7. The number of hydrogen-bond acceptors (Lipinski definition) is 4. The highest BCUT2D eigenvalue weighted by atomic mass is 19.3. The summed E-state index contributed by atoms with van der Waals surface area (Å²) in [6.45, 7) is 4.98.